The van der Waals surface area contributed by atoms with E-state index in [1.807, 2.05) is 12.1 Å². The lowest BCUT2D eigenvalue weighted by Gasteiger charge is -2.34. The van der Waals surface area contributed by atoms with Gasteiger partial charge in [0, 0.05) is 23.7 Å². The van der Waals surface area contributed by atoms with Crippen LogP contribution in [0.4, 0.5) is 0 Å². The average molecular weight is 279 g/mol. The molecular formula is C16H23ClN2. The molecule has 1 saturated heterocycles. The summed E-state index contributed by atoms with van der Waals surface area (Å²) in [6.07, 6.45) is 4.03. The van der Waals surface area contributed by atoms with Gasteiger partial charge in [0.15, 0.2) is 0 Å². The number of hydrogen-bond acceptors (Lipinski definition) is 2. The highest BCUT2D eigenvalue weighted by molar-refractivity contribution is 6.30. The molecule has 1 heterocycles. The molecule has 1 saturated carbocycles. The Bertz CT molecular complexity index is 444. The van der Waals surface area contributed by atoms with Crippen LogP contribution in [0, 0.1) is 5.92 Å². The summed E-state index contributed by atoms with van der Waals surface area (Å²) in [5.41, 5.74) is 1.64. The van der Waals surface area contributed by atoms with E-state index in [1.165, 1.54) is 31.4 Å². The van der Waals surface area contributed by atoms with Crippen LogP contribution in [0.25, 0.3) is 0 Å². The van der Waals surface area contributed by atoms with E-state index < -0.39 is 0 Å². The predicted octanol–water partition coefficient (Wildman–Crippen LogP) is 3.30. The monoisotopic (exact) mass is 278 g/mol. The molecule has 3 heteroatoms. The van der Waals surface area contributed by atoms with Gasteiger partial charge >= 0.3 is 0 Å². The largest absolute Gasteiger partial charge is 0.310 e. The zero-order valence-electron chi connectivity index (χ0n) is 11.7. The number of rotatable bonds is 3. The summed E-state index contributed by atoms with van der Waals surface area (Å²) in [6, 6.07) is 8.27. The van der Waals surface area contributed by atoms with E-state index in [4.69, 9.17) is 11.6 Å². The number of benzene rings is 1. The zero-order chi connectivity index (χ0) is 13.3. The Morgan fingerprint density at radius 2 is 2.26 bits per heavy atom. The van der Waals surface area contributed by atoms with Gasteiger partial charge < -0.3 is 5.32 Å². The fraction of sp³-hybridized carbons (Fsp3) is 0.625. The highest BCUT2D eigenvalue weighted by atomic mass is 35.5. The van der Waals surface area contributed by atoms with E-state index >= 15 is 0 Å². The molecule has 2 fully saturated rings. The highest BCUT2D eigenvalue weighted by Gasteiger charge is 2.42. The number of hydrogen-bond donors (Lipinski definition) is 1. The number of nitrogens with zero attached hydrogens (tertiary/aromatic N) is 1. The Hall–Kier alpha value is -0.570. The predicted molar refractivity (Wildman–Crippen MR) is 80.5 cm³/mol. The standard InChI is InChI=1S/C16H23ClN2/c1-16(14-6-7-14)12-19(9-3-8-18-16)11-13-4-2-5-15(17)10-13/h2,4-5,10,14,18H,3,6-9,11-12H2,1H3. The first-order chi connectivity index (χ1) is 9.16. The quantitative estimate of drug-likeness (QED) is 0.913. The molecule has 1 atom stereocenters. The Morgan fingerprint density at radius 1 is 1.42 bits per heavy atom. The van der Waals surface area contributed by atoms with Crippen molar-refractivity contribution in [1.82, 2.24) is 10.2 Å². The molecule has 0 amide bonds. The van der Waals surface area contributed by atoms with Gasteiger partial charge in [0.2, 0.25) is 0 Å². The molecule has 1 aromatic carbocycles. The van der Waals surface area contributed by atoms with Crippen molar-refractivity contribution in [3.8, 4) is 0 Å². The summed E-state index contributed by atoms with van der Waals surface area (Å²) >= 11 is 6.08. The van der Waals surface area contributed by atoms with Crippen molar-refractivity contribution < 1.29 is 0 Å². The van der Waals surface area contributed by atoms with Gasteiger partial charge in [-0.15, -0.1) is 0 Å². The molecule has 0 bridgehead atoms. The Balaban J connectivity index is 1.69. The summed E-state index contributed by atoms with van der Waals surface area (Å²) in [5, 5.41) is 4.62. The molecule has 1 unspecified atom stereocenters. The summed E-state index contributed by atoms with van der Waals surface area (Å²) < 4.78 is 0. The van der Waals surface area contributed by atoms with Crippen LogP contribution in [0.2, 0.25) is 5.02 Å². The molecule has 2 nitrogen and oxygen atoms in total. The summed E-state index contributed by atoms with van der Waals surface area (Å²) in [7, 11) is 0. The molecule has 3 rings (SSSR count). The lowest BCUT2D eigenvalue weighted by molar-refractivity contribution is 0.195. The first-order valence-corrected chi connectivity index (χ1v) is 7.75. The molecule has 2 aliphatic rings. The third-order valence-electron chi connectivity index (χ3n) is 4.51. The van der Waals surface area contributed by atoms with Crippen LogP contribution in [-0.2, 0) is 6.54 Å². The molecule has 1 aliphatic carbocycles. The second-order valence-corrected chi connectivity index (χ2v) is 6.75. The van der Waals surface area contributed by atoms with Crippen molar-refractivity contribution in [1.29, 1.82) is 0 Å². The molecule has 104 valence electrons. The Morgan fingerprint density at radius 3 is 3.00 bits per heavy atom. The van der Waals surface area contributed by atoms with Crippen molar-refractivity contribution in [3.63, 3.8) is 0 Å². The van der Waals surface area contributed by atoms with Gasteiger partial charge in [-0.25, -0.2) is 0 Å². The molecule has 1 aromatic rings. The topological polar surface area (TPSA) is 15.3 Å². The SMILES string of the molecule is CC1(C2CC2)CN(Cc2cccc(Cl)c2)CCCN1. The molecule has 1 N–H and O–H groups in total. The fourth-order valence-electron chi connectivity index (χ4n) is 3.30. The van der Waals surface area contributed by atoms with Crippen LogP contribution < -0.4 is 5.32 Å². The van der Waals surface area contributed by atoms with Crippen LogP contribution in [0.15, 0.2) is 24.3 Å². The lowest BCUT2D eigenvalue weighted by atomic mass is 9.95. The van der Waals surface area contributed by atoms with Gasteiger partial charge in [0.05, 0.1) is 0 Å². The Labute approximate surface area is 121 Å². The van der Waals surface area contributed by atoms with Crippen LogP contribution in [0.1, 0.15) is 31.7 Å². The molecule has 19 heavy (non-hydrogen) atoms. The minimum absolute atomic E-state index is 0.315. The minimum Gasteiger partial charge on any atom is -0.310 e. The van der Waals surface area contributed by atoms with Crippen LogP contribution in [0.3, 0.4) is 0 Å². The fourth-order valence-corrected chi connectivity index (χ4v) is 3.51. The average Bonchev–Trinajstić information content (AvgIpc) is 3.17. The zero-order valence-corrected chi connectivity index (χ0v) is 12.4. The number of halogens is 1. The van der Waals surface area contributed by atoms with Crippen LogP contribution in [0.5, 0.6) is 0 Å². The van der Waals surface area contributed by atoms with Gasteiger partial charge in [-0.2, -0.15) is 0 Å². The van der Waals surface area contributed by atoms with Crippen molar-refractivity contribution >= 4 is 11.6 Å². The van der Waals surface area contributed by atoms with Gasteiger partial charge in [0.1, 0.15) is 0 Å². The van der Waals surface area contributed by atoms with E-state index in [9.17, 15) is 0 Å². The lowest BCUT2D eigenvalue weighted by Crippen LogP contribution is -2.50. The second kappa shape index (κ2) is 5.43. The van der Waals surface area contributed by atoms with E-state index in [1.54, 1.807) is 0 Å². The van der Waals surface area contributed by atoms with E-state index in [-0.39, 0.29) is 0 Å². The maximum absolute atomic E-state index is 6.08. The minimum atomic E-state index is 0.315. The smallest absolute Gasteiger partial charge is 0.0409 e. The maximum atomic E-state index is 6.08. The molecule has 1 aliphatic heterocycles. The van der Waals surface area contributed by atoms with Crippen molar-refractivity contribution in [2.24, 2.45) is 5.92 Å². The third-order valence-corrected chi connectivity index (χ3v) is 4.74. The van der Waals surface area contributed by atoms with Crippen LogP contribution in [-0.4, -0.2) is 30.1 Å². The van der Waals surface area contributed by atoms with Crippen molar-refractivity contribution in [2.45, 2.75) is 38.3 Å². The van der Waals surface area contributed by atoms with Crippen LogP contribution >= 0.6 is 11.6 Å². The summed E-state index contributed by atoms with van der Waals surface area (Å²) in [4.78, 5) is 2.59. The molecule has 0 radical (unpaired) electrons. The second-order valence-electron chi connectivity index (χ2n) is 6.31. The number of nitrogens with one attached hydrogen (secondary N) is 1. The molecule has 0 spiro atoms. The van der Waals surface area contributed by atoms with E-state index in [0.717, 1.165) is 30.6 Å². The molecule has 0 aromatic heterocycles. The summed E-state index contributed by atoms with van der Waals surface area (Å²) in [5.74, 6) is 0.882. The van der Waals surface area contributed by atoms with Gasteiger partial charge in [-0.1, -0.05) is 23.7 Å². The van der Waals surface area contributed by atoms with Crippen molar-refractivity contribution in [2.75, 3.05) is 19.6 Å². The van der Waals surface area contributed by atoms with E-state index in [2.05, 4.69) is 29.3 Å². The van der Waals surface area contributed by atoms with Crippen molar-refractivity contribution in [3.05, 3.63) is 34.9 Å². The first-order valence-electron chi connectivity index (χ1n) is 7.37. The summed E-state index contributed by atoms with van der Waals surface area (Å²) in [6.45, 7) is 6.91. The highest BCUT2D eigenvalue weighted by Crippen LogP contribution is 2.40. The molecular weight excluding hydrogens is 256 g/mol. The maximum Gasteiger partial charge on any atom is 0.0409 e. The van der Waals surface area contributed by atoms with Gasteiger partial charge in [-0.05, 0) is 62.9 Å². The van der Waals surface area contributed by atoms with Gasteiger partial charge in [-0.3, -0.25) is 4.90 Å². The Kier molecular flexibility index (Phi) is 3.84. The normalized spacial score (nSPS) is 29.2. The third kappa shape index (κ3) is 3.31. The van der Waals surface area contributed by atoms with E-state index in [0.29, 0.717) is 5.54 Å². The van der Waals surface area contributed by atoms with Gasteiger partial charge in [0.25, 0.3) is 0 Å². The first kappa shape index (κ1) is 13.4.